The van der Waals surface area contributed by atoms with Crippen molar-refractivity contribution in [2.75, 3.05) is 25.1 Å². The molecule has 3 rings (SSSR count). The summed E-state index contributed by atoms with van der Waals surface area (Å²) < 4.78 is 17.6. The highest BCUT2D eigenvalue weighted by atomic mass is 79.9. The summed E-state index contributed by atoms with van der Waals surface area (Å²) >= 11 is 3.39. The number of nitrogens with zero attached hydrogens (tertiary/aromatic N) is 1. The third-order valence-electron chi connectivity index (χ3n) is 3.84. The zero-order valence-electron chi connectivity index (χ0n) is 14.3. The Balaban J connectivity index is 1.39. The van der Waals surface area contributed by atoms with E-state index in [4.69, 9.17) is 14.2 Å². The Kier molecular flexibility index (Phi) is 6.99. The van der Waals surface area contributed by atoms with Gasteiger partial charge in [-0.1, -0.05) is 22.0 Å². The lowest BCUT2D eigenvalue weighted by atomic mass is 10.2. The molecule has 0 spiro atoms. The first-order valence-corrected chi connectivity index (χ1v) is 9.37. The molecule has 1 aromatic heterocycles. The summed E-state index contributed by atoms with van der Waals surface area (Å²) in [6, 6.07) is 11.0. The van der Waals surface area contributed by atoms with Crippen molar-refractivity contribution in [3.8, 4) is 11.6 Å². The van der Waals surface area contributed by atoms with Gasteiger partial charge >= 0.3 is 0 Å². The molecule has 0 radical (unpaired) electrons. The number of nitrogens with one attached hydrogen (secondary N) is 1. The minimum absolute atomic E-state index is 0.111. The largest absolute Gasteiger partial charge is 0.439 e. The maximum Gasteiger partial charge on any atom is 0.226 e. The van der Waals surface area contributed by atoms with Crippen molar-refractivity contribution < 1.29 is 19.0 Å². The first-order chi connectivity index (χ1) is 12.7. The Hall–Kier alpha value is -1.96. The van der Waals surface area contributed by atoms with E-state index in [1.165, 1.54) is 0 Å². The average molecular weight is 421 g/mol. The molecule has 1 saturated heterocycles. The second-order valence-electron chi connectivity index (χ2n) is 5.95. The van der Waals surface area contributed by atoms with Gasteiger partial charge in [0, 0.05) is 17.1 Å². The first kappa shape index (κ1) is 18.8. The van der Waals surface area contributed by atoms with Gasteiger partial charge < -0.3 is 19.5 Å². The van der Waals surface area contributed by atoms with Crippen molar-refractivity contribution >= 4 is 27.5 Å². The predicted molar refractivity (Wildman–Crippen MR) is 101 cm³/mol. The summed E-state index contributed by atoms with van der Waals surface area (Å²) in [5.74, 6) is 1.04. The summed E-state index contributed by atoms with van der Waals surface area (Å²) in [6.45, 7) is 1.74. The van der Waals surface area contributed by atoms with E-state index in [-0.39, 0.29) is 12.0 Å². The predicted octanol–water partition coefficient (Wildman–Crippen LogP) is 4.16. The number of halogens is 1. The van der Waals surface area contributed by atoms with Crippen molar-refractivity contribution in [1.29, 1.82) is 0 Å². The third kappa shape index (κ3) is 6.09. The molecule has 0 aliphatic carbocycles. The molecule has 1 aliphatic rings. The number of pyridine rings is 1. The lowest BCUT2D eigenvalue weighted by Gasteiger charge is -2.10. The Morgan fingerprint density at radius 3 is 3.00 bits per heavy atom. The molecule has 1 amide bonds. The lowest BCUT2D eigenvalue weighted by Crippen LogP contribution is -2.18. The molecule has 138 valence electrons. The van der Waals surface area contributed by atoms with Crippen LogP contribution >= 0.6 is 15.9 Å². The third-order valence-corrected chi connectivity index (χ3v) is 4.33. The van der Waals surface area contributed by atoms with E-state index in [0.29, 0.717) is 37.0 Å². The van der Waals surface area contributed by atoms with E-state index in [2.05, 4.69) is 26.2 Å². The number of rotatable bonds is 8. The fourth-order valence-corrected chi connectivity index (χ4v) is 2.92. The summed E-state index contributed by atoms with van der Waals surface area (Å²) in [5, 5.41) is 2.79. The molecule has 7 heteroatoms. The van der Waals surface area contributed by atoms with Gasteiger partial charge in [-0.2, -0.15) is 0 Å². The lowest BCUT2D eigenvalue weighted by molar-refractivity contribution is -0.117. The van der Waals surface area contributed by atoms with Gasteiger partial charge in [0.05, 0.1) is 37.6 Å². The van der Waals surface area contributed by atoms with Crippen LogP contribution in [0.1, 0.15) is 19.3 Å². The number of benzene rings is 1. The van der Waals surface area contributed by atoms with Crippen LogP contribution in [0.15, 0.2) is 47.1 Å². The van der Waals surface area contributed by atoms with Crippen LogP contribution < -0.4 is 10.1 Å². The van der Waals surface area contributed by atoms with Crippen molar-refractivity contribution in [1.82, 2.24) is 4.98 Å². The quantitative estimate of drug-likeness (QED) is 0.649. The van der Waals surface area contributed by atoms with Gasteiger partial charge in [-0.3, -0.25) is 4.79 Å². The van der Waals surface area contributed by atoms with Crippen molar-refractivity contribution in [3.05, 3.63) is 47.1 Å². The minimum atomic E-state index is -0.111. The molecule has 1 N–H and O–H groups in total. The van der Waals surface area contributed by atoms with Crippen molar-refractivity contribution in [2.24, 2.45) is 0 Å². The second-order valence-corrected chi connectivity index (χ2v) is 6.87. The fraction of sp³-hybridized carbons (Fsp3) is 0.368. The molecule has 26 heavy (non-hydrogen) atoms. The van der Waals surface area contributed by atoms with Gasteiger partial charge in [-0.25, -0.2) is 4.98 Å². The highest BCUT2D eigenvalue weighted by molar-refractivity contribution is 9.10. The number of hydrogen-bond donors (Lipinski definition) is 1. The topological polar surface area (TPSA) is 69.7 Å². The normalized spacial score (nSPS) is 16.4. The van der Waals surface area contributed by atoms with E-state index >= 15 is 0 Å². The standard InChI is InChI=1S/C19H21BrN2O4/c20-14-3-1-4-16(11-14)26-19-7-6-15(12-21-19)22-18(23)8-10-24-13-17-5-2-9-25-17/h1,3-4,6-7,11-12,17H,2,5,8-10,13H2,(H,22,23). The number of anilines is 1. The number of hydrogen-bond acceptors (Lipinski definition) is 5. The highest BCUT2D eigenvalue weighted by Gasteiger charge is 2.15. The van der Waals surface area contributed by atoms with Crippen LogP contribution in [-0.4, -0.2) is 36.8 Å². The summed E-state index contributed by atoms with van der Waals surface area (Å²) in [4.78, 5) is 16.1. The van der Waals surface area contributed by atoms with Gasteiger partial charge in [-0.05, 0) is 37.1 Å². The SMILES string of the molecule is O=C(CCOCC1CCCO1)Nc1ccc(Oc2cccc(Br)c2)nc1. The number of carbonyl (C=O) groups is 1. The van der Waals surface area contributed by atoms with E-state index in [9.17, 15) is 4.79 Å². The van der Waals surface area contributed by atoms with Crippen LogP contribution in [0, 0.1) is 0 Å². The van der Waals surface area contributed by atoms with Crippen LogP contribution in [0.4, 0.5) is 5.69 Å². The maximum absolute atomic E-state index is 11.9. The summed E-state index contributed by atoms with van der Waals surface area (Å²) in [5.41, 5.74) is 0.621. The number of amides is 1. The molecule has 2 heterocycles. The molecule has 1 atom stereocenters. The Morgan fingerprint density at radius 1 is 1.35 bits per heavy atom. The zero-order valence-corrected chi connectivity index (χ0v) is 15.9. The summed E-state index contributed by atoms with van der Waals surface area (Å²) in [7, 11) is 0. The zero-order chi connectivity index (χ0) is 18.2. The van der Waals surface area contributed by atoms with E-state index in [0.717, 1.165) is 23.9 Å². The molecule has 6 nitrogen and oxygen atoms in total. The van der Waals surface area contributed by atoms with Gasteiger partial charge in [-0.15, -0.1) is 0 Å². The molecular formula is C19H21BrN2O4. The van der Waals surface area contributed by atoms with Gasteiger partial charge in [0.2, 0.25) is 11.8 Å². The maximum atomic E-state index is 11.9. The molecule has 2 aromatic rings. The fourth-order valence-electron chi connectivity index (χ4n) is 2.54. The van der Waals surface area contributed by atoms with Crippen LogP contribution in [0.2, 0.25) is 0 Å². The first-order valence-electron chi connectivity index (χ1n) is 8.58. The van der Waals surface area contributed by atoms with Crippen molar-refractivity contribution in [2.45, 2.75) is 25.4 Å². The smallest absolute Gasteiger partial charge is 0.226 e. The molecule has 1 unspecified atom stereocenters. The number of aromatic nitrogens is 1. The average Bonchev–Trinajstić information content (AvgIpc) is 3.14. The van der Waals surface area contributed by atoms with E-state index < -0.39 is 0 Å². The molecule has 1 aromatic carbocycles. The highest BCUT2D eigenvalue weighted by Crippen LogP contribution is 2.23. The monoisotopic (exact) mass is 420 g/mol. The Labute approximate surface area is 161 Å². The summed E-state index contributed by atoms with van der Waals surface area (Å²) in [6.07, 6.45) is 4.16. The molecule has 1 aliphatic heterocycles. The molecule has 0 bridgehead atoms. The Morgan fingerprint density at radius 2 is 2.27 bits per heavy atom. The van der Waals surface area contributed by atoms with Gasteiger partial charge in [0.1, 0.15) is 5.75 Å². The number of carbonyl (C=O) groups excluding carboxylic acids is 1. The van der Waals surface area contributed by atoms with Crippen LogP contribution in [0.25, 0.3) is 0 Å². The molecule has 0 saturated carbocycles. The van der Waals surface area contributed by atoms with Crippen molar-refractivity contribution in [3.63, 3.8) is 0 Å². The number of ether oxygens (including phenoxy) is 3. The van der Waals surface area contributed by atoms with Crippen LogP contribution in [0.5, 0.6) is 11.6 Å². The Bertz CT molecular complexity index is 718. The molecule has 1 fully saturated rings. The second kappa shape index (κ2) is 9.66. The van der Waals surface area contributed by atoms with Crippen LogP contribution in [0.3, 0.4) is 0 Å². The van der Waals surface area contributed by atoms with E-state index in [1.54, 1.807) is 18.3 Å². The minimum Gasteiger partial charge on any atom is -0.439 e. The van der Waals surface area contributed by atoms with Gasteiger partial charge in [0.15, 0.2) is 0 Å². The molecular weight excluding hydrogens is 400 g/mol. The van der Waals surface area contributed by atoms with Crippen LogP contribution in [-0.2, 0) is 14.3 Å². The van der Waals surface area contributed by atoms with Gasteiger partial charge in [0.25, 0.3) is 0 Å². The van der Waals surface area contributed by atoms with E-state index in [1.807, 2.05) is 24.3 Å².